The molecule has 0 heterocycles. The minimum atomic E-state index is -1.64. The van der Waals surface area contributed by atoms with Crippen molar-refractivity contribution in [2.24, 2.45) is 28.6 Å². The average Bonchev–Trinajstić information content (AvgIpc) is 2.99. The summed E-state index contributed by atoms with van der Waals surface area (Å²) in [6.45, 7) is 6.95. The largest absolute Gasteiger partial charge is 0.466 e. The second-order valence-corrected chi connectivity index (χ2v) is 11.7. The van der Waals surface area contributed by atoms with Gasteiger partial charge in [-0.15, -0.1) is 11.6 Å². The highest BCUT2D eigenvalue weighted by Gasteiger charge is 2.78. The molecule has 1 N–H and O–H groups in total. The van der Waals surface area contributed by atoms with E-state index in [1.54, 1.807) is 20.8 Å². The number of fused-ring (bicyclic) bond motifs is 5. The van der Waals surface area contributed by atoms with Crippen LogP contribution in [0.4, 0.5) is 4.39 Å². The molecule has 3 fully saturated rings. The van der Waals surface area contributed by atoms with E-state index in [1.165, 1.54) is 19.3 Å². The first kappa shape index (κ1) is 25.6. The first-order valence-corrected chi connectivity index (χ1v) is 12.5. The fourth-order valence-electron chi connectivity index (χ4n) is 7.68. The van der Waals surface area contributed by atoms with Crippen molar-refractivity contribution < 1.29 is 33.4 Å². The number of carbonyl (C=O) groups is 3. The number of aliphatic hydroxyl groups excluding tert-OH is 1. The summed E-state index contributed by atoms with van der Waals surface area (Å²) in [4.78, 5) is 36.6. The zero-order valence-corrected chi connectivity index (χ0v) is 21.5. The monoisotopic (exact) mass is 516 g/mol. The topological polar surface area (TPSA) is 89.9 Å². The van der Waals surface area contributed by atoms with E-state index in [4.69, 9.17) is 32.7 Å². The summed E-state index contributed by atoms with van der Waals surface area (Å²) < 4.78 is 26.7. The number of hydrogen-bond donors (Lipinski definition) is 1. The lowest BCUT2D eigenvalue weighted by Gasteiger charge is -2.64. The molecule has 0 aromatic carbocycles. The summed E-state index contributed by atoms with van der Waals surface area (Å²) in [5.74, 6) is -3.15. The number of methoxy groups -OCH3 is 1. The van der Waals surface area contributed by atoms with Gasteiger partial charge in [-0.05, 0) is 48.8 Å². The molecular formula is C25H31Cl2FO6. The molecule has 0 spiro atoms. The normalized spacial score (nSPS) is 47.6. The molecule has 34 heavy (non-hydrogen) atoms. The van der Waals surface area contributed by atoms with E-state index in [2.05, 4.69) is 0 Å². The highest BCUT2D eigenvalue weighted by Crippen LogP contribution is 2.72. The van der Waals surface area contributed by atoms with E-state index in [0.717, 1.165) is 0 Å². The number of ether oxygens (including phenoxy) is 2. The van der Waals surface area contributed by atoms with Gasteiger partial charge in [0.1, 0.15) is 6.17 Å². The lowest BCUT2D eigenvalue weighted by molar-refractivity contribution is -0.215. The summed E-state index contributed by atoms with van der Waals surface area (Å²) >= 11 is 13.5. The van der Waals surface area contributed by atoms with Gasteiger partial charge in [0.15, 0.2) is 5.78 Å². The SMILES string of the molecule is CCC(=O)O[C@@]1(C(=O)OC)[C@H](C)C[C@H]2[C@@H]3C[C@H](F)C4=CC(=O)C(Cl)=C[C@]4(C)[C@@]3(Cl)[C@@H](O)C[C@@]21C. The number of allylic oxidation sites excluding steroid dienone is 4. The summed E-state index contributed by atoms with van der Waals surface area (Å²) in [6, 6.07) is 0. The molecule has 3 saturated carbocycles. The van der Waals surface area contributed by atoms with Gasteiger partial charge < -0.3 is 14.6 Å². The lowest BCUT2D eigenvalue weighted by atomic mass is 9.45. The fourth-order valence-corrected chi connectivity index (χ4v) is 8.43. The quantitative estimate of drug-likeness (QED) is 0.445. The number of alkyl halides is 2. The molecule has 0 saturated heterocycles. The van der Waals surface area contributed by atoms with Crippen LogP contribution in [0.15, 0.2) is 22.8 Å². The summed E-state index contributed by atoms with van der Waals surface area (Å²) in [7, 11) is 1.24. The van der Waals surface area contributed by atoms with Crippen molar-refractivity contribution in [1.29, 1.82) is 0 Å². The fraction of sp³-hybridized carbons (Fsp3) is 0.720. The van der Waals surface area contributed by atoms with Gasteiger partial charge in [0.2, 0.25) is 5.60 Å². The van der Waals surface area contributed by atoms with Crippen LogP contribution in [0.1, 0.15) is 53.4 Å². The third kappa shape index (κ3) is 2.92. The van der Waals surface area contributed by atoms with Crippen LogP contribution in [0.3, 0.4) is 0 Å². The molecule has 0 amide bonds. The molecule has 9 heteroatoms. The molecule has 188 valence electrons. The molecule has 0 radical (unpaired) electrons. The van der Waals surface area contributed by atoms with E-state index < -0.39 is 63.1 Å². The summed E-state index contributed by atoms with van der Waals surface area (Å²) in [6.07, 6.45) is 0.438. The van der Waals surface area contributed by atoms with Crippen molar-refractivity contribution >= 4 is 40.9 Å². The molecule has 4 rings (SSSR count). The van der Waals surface area contributed by atoms with Gasteiger partial charge in [-0.2, -0.15) is 0 Å². The number of hydrogen-bond acceptors (Lipinski definition) is 6. The molecule has 6 nitrogen and oxygen atoms in total. The first-order chi connectivity index (χ1) is 15.7. The van der Waals surface area contributed by atoms with Crippen LogP contribution in [-0.4, -0.2) is 52.7 Å². The predicted molar refractivity (Wildman–Crippen MR) is 124 cm³/mol. The molecule has 0 bridgehead atoms. The Bertz CT molecular complexity index is 1010. The van der Waals surface area contributed by atoms with Crippen LogP contribution in [0, 0.1) is 28.6 Å². The van der Waals surface area contributed by atoms with Gasteiger partial charge in [0.25, 0.3) is 0 Å². The van der Waals surface area contributed by atoms with E-state index in [-0.39, 0.29) is 35.8 Å². The second-order valence-electron chi connectivity index (χ2n) is 10.7. The van der Waals surface area contributed by atoms with Gasteiger partial charge in [-0.3, -0.25) is 9.59 Å². The highest BCUT2D eigenvalue weighted by molar-refractivity contribution is 6.45. The first-order valence-electron chi connectivity index (χ1n) is 11.7. The number of halogens is 3. The summed E-state index contributed by atoms with van der Waals surface area (Å²) in [5.41, 5.74) is -3.71. The number of carbonyl (C=O) groups excluding carboxylic acids is 3. The van der Waals surface area contributed by atoms with Crippen molar-refractivity contribution in [3.63, 3.8) is 0 Å². The van der Waals surface area contributed by atoms with Crippen molar-refractivity contribution in [1.82, 2.24) is 0 Å². The Hall–Kier alpha value is -1.44. The van der Waals surface area contributed by atoms with Crippen LogP contribution in [0.5, 0.6) is 0 Å². The Morgan fingerprint density at radius 1 is 1.26 bits per heavy atom. The zero-order chi connectivity index (χ0) is 25.4. The maximum absolute atomic E-state index is 15.7. The Kier molecular flexibility index (Phi) is 6.06. The molecule has 0 aromatic rings. The van der Waals surface area contributed by atoms with Crippen LogP contribution < -0.4 is 0 Å². The van der Waals surface area contributed by atoms with Crippen LogP contribution in [0.25, 0.3) is 0 Å². The molecule has 0 aromatic heterocycles. The Labute approximate surface area is 208 Å². The van der Waals surface area contributed by atoms with Crippen LogP contribution in [0.2, 0.25) is 0 Å². The maximum atomic E-state index is 15.7. The minimum Gasteiger partial charge on any atom is -0.466 e. The number of ketones is 1. The third-order valence-corrected chi connectivity index (χ3v) is 10.5. The van der Waals surface area contributed by atoms with Crippen LogP contribution in [-0.2, 0) is 23.9 Å². The second kappa shape index (κ2) is 8.04. The number of aliphatic hydroxyl groups is 1. The van der Waals surface area contributed by atoms with Gasteiger partial charge in [0, 0.05) is 23.2 Å². The van der Waals surface area contributed by atoms with Crippen molar-refractivity contribution in [2.45, 2.75) is 76.1 Å². The van der Waals surface area contributed by atoms with E-state index in [9.17, 15) is 19.5 Å². The molecule has 0 unspecified atom stereocenters. The average molecular weight is 517 g/mol. The molecule has 0 aliphatic heterocycles. The van der Waals surface area contributed by atoms with Crippen LogP contribution >= 0.6 is 23.2 Å². The van der Waals surface area contributed by atoms with Gasteiger partial charge in [-0.1, -0.05) is 39.3 Å². The lowest BCUT2D eigenvalue weighted by Crippen LogP contribution is -2.70. The predicted octanol–water partition coefficient (Wildman–Crippen LogP) is 4.25. The Morgan fingerprint density at radius 2 is 1.91 bits per heavy atom. The van der Waals surface area contributed by atoms with E-state index in [1.807, 2.05) is 6.92 Å². The van der Waals surface area contributed by atoms with Gasteiger partial charge in [-0.25, -0.2) is 9.18 Å². The number of esters is 2. The van der Waals surface area contributed by atoms with E-state index in [0.29, 0.717) is 6.42 Å². The minimum absolute atomic E-state index is 0.0212. The molecule has 4 aliphatic carbocycles. The Balaban J connectivity index is 1.90. The van der Waals surface area contributed by atoms with Crippen molar-refractivity contribution in [2.75, 3.05) is 7.11 Å². The zero-order valence-electron chi connectivity index (χ0n) is 20.0. The van der Waals surface area contributed by atoms with Crippen molar-refractivity contribution in [3.05, 3.63) is 22.8 Å². The standard InChI is InChI=1S/C25H31Cl2FO6/c1-6-20(31)34-25(21(32)33-5)12(2)7-13-14-8-17(28)15-9-18(29)16(26)10-22(15,3)24(14,27)19(30)11-23(13,25)4/h9-10,12-14,17,19,30H,6-8,11H2,1-5H3/t12-,13+,14+,17+,19+,22+,23+,24+,25-/m1/s1. The molecule has 4 aliphatic rings. The van der Waals surface area contributed by atoms with Gasteiger partial charge in [0.05, 0.1) is 23.1 Å². The smallest absolute Gasteiger partial charge is 0.351 e. The molecule has 9 atom stereocenters. The highest BCUT2D eigenvalue weighted by atomic mass is 35.5. The van der Waals surface area contributed by atoms with Crippen molar-refractivity contribution in [3.8, 4) is 0 Å². The maximum Gasteiger partial charge on any atom is 0.351 e. The summed E-state index contributed by atoms with van der Waals surface area (Å²) in [5, 5.41) is 11.6. The molecular weight excluding hydrogens is 486 g/mol. The third-order valence-electron chi connectivity index (χ3n) is 9.28. The van der Waals surface area contributed by atoms with E-state index >= 15 is 4.39 Å². The number of rotatable bonds is 3. The Morgan fingerprint density at radius 3 is 2.50 bits per heavy atom. The van der Waals surface area contributed by atoms with Gasteiger partial charge >= 0.3 is 11.9 Å².